The number of benzene rings is 3. The number of aromatic carboxylic acids is 1. The molecule has 0 bridgehead atoms. The monoisotopic (exact) mass is 379 g/mol. The van der Waals surface area contributed by atoms with E-state index < -0.39 is 17.7 Å². The second kappa shape index (κ2) is 8.35. The Balaban J connectivity index is 1.91. The molecule has 28 heavy (non-hydrogen) atoms. The van der Waals surface area contributed by atoms with Gasteiger partial charge in [-0.1, -0.05) is 30.3 Å². The predicted molar refractivity (Wildman–Crippen MR) is 104 cm³/mol. The van der Waals surface area contributed by atoms with E-state index in [2.05, 4.69) is 5.32 Å². The molecule has 0 saturated carbocycles. The van der Waals surface area contributed by atoms with Gasteiger partial charge < -0.3 is 15.2 Å². The molecule has 5 nitrogen and oxygen atoms in total. The lowest BCUT2D eigenvalue weighted by Crippen LogP contribution is -2.14. The van der Waals surface area contributed by atoms with E-state index in [1.54, 1.807) is 13.0 Å². The topological polar surface area (TPSA) is 75.6 Å². The molecule has 0 heterocycles. The molecule has 3 aromatic rings. The highest BCUT2D eigenvalue weighted by molar-refractivity contribution is 6.05. The van der Waals surface area contributed by atoms with Crippen molar-refractivity contribution in [1.29, 1.82) is 0 Å². The molecule has 0 aliphatic heterocycles. The summed E-state index contributed by atoms with van der Waals surface area (Å²) < 4.78 is 20.5. The van der Waals surface area contributed by atoms with Crippen molar-refractivity contribution in [2.45, 2.75) is 6.92 Å². The van der Waals surface area contributed by atoms with Crippen molar-refractivity contribution in [3.63, 3.8) is 0 Å². The fourth-order valence-corrected chi connectivity index (χ4v) is 2.74. The number of rotatable bonds is 6. The van der Waals surface area contributed by atoms with Crippen LogP contribution < -0.4 is 10.1 Å². The summed E-state index contributed by atoms with van der Waals surface area (Å²) >= 11 is 0. The van der Waals surface area contributed by atoms with Crippen molar-refractivity contribution < 1.29 is 23.8 Å². The second-order valence-electron chi connectivity index (χ2n) is 5.94. The molecule has 0 spiro atoms. The third-order valence-electron chi connectivity index (χ3n) is 4.11. The van der Waals surface area contributed by atoms with Crippen LogP contribution in [0.4, 0.5) is 10.1 Å². The van der Waals surface area contributed by atoms with Gasteiger partial charge in [-0.3, -0.25) is 4.79 Å². The molecule has 142 valence electrons. The number of hydrogen-bond donors (Lipinski definition) is 2. The zero-order valence-electron chi connectivity index (χ0n) is 15.1. The molecule has 6 heteroatoms. The number of nitrogens with one attached hydrogen (secondary N) is 1. The number of carboxylic acid groups (broad SMARTS) is 1. The first kappa shape index (κ1) is 19.1. The maximum Gasteiger partial charge on any atom is 0.335 e. The Morgan fingerprint density at radius 2 is 1.61 bits per heavy atom. The van der Waals surface area contributed by atoms with Crippen LogP contribution in [0, 0.1) is 5.82 Å². The van der Waals surface area contributed by atoms with E-state index in [-0.39, 0.29) is 29.2 Å². The Hall–Kier alpha value is -3.67. The molecule has 0 aliphatic rings. The van der Waals surface area contributed by atoms with Gasteiger partial charge in [0.05, 0.1) is 17.9 Å². The molecule has 3 rings (SSSR count). The average molecular weight is 379 g/mol. The highest BCUT2D eigenvalue weighted by atomic mass is 19.1. The lowest BCUT2D eigenvalue weighted by Gasteiger charge is -2.15. The summed E-state index contributed by atoms with van der Waals surface area (Å²) in [6.07, 6.45) is 0. The lowest BCUT2D eigenvalue weighted by molar-refractivity contribution is 0.0696. The van der Waals surface area contributed by atoms with Crippen molar-refractivity contribution in [2.75, 3.05) is 11.9 Å². The number of ether oxygens (including phenoxy) is 1. The molecular weight excluding hydrogens is 361 g/mol. The maximum absolute atomic E-state index is 15.0. The molecule has 0 unspecified atom stereocenters. The Labute approximate surface area is 161 Å². The average Bonchev–Trinajstić information content (AvgIpc) is 2.72. The first-order valence-electron chi connectivity index (χ1n) is 8.66. The molecule has 1 amide bonds. The summed E-state index contributed by atoms with van der Waals surface area (Å²) in [5.41, 5.74) is 1.65. The quantitative estimate of drug-likeness (QED) is 0.642. The highest BCUT2D eigenvalue weighted by Gasteiger charge is 2.18. The molecule has 0 atom stereocenters. The summed E-state index contributed by atoms with van der Waals surface area (Å²) in [4.78, 5) is 23.3. The minimum atomic E-state index is -1.09. The summed E-state index contributed by atoms with van der Waals surface area (Å²) in [6, 6.07) is 17.8. The number of halogens is 1. The molecule has 3 aromatic carbocycles. The fourth-order valence-electron chi connectivity index (χ4n) is 2.74. The van der Waals surface area contributed by atoms with Crippen LogP contribution in [-0.4, -0.2) is 23.6 Å². The third-order valence-corrected chi connectivity index (χ3v) is 4.11. The van der Waals surface area contributed by atoms with Crippen molar-refractivity contribution in [3.8, 4) is 16.9 Å². The standard InChI is InChI=1S/C22H18FNO4/c1-2-28-20-17(14-6-4-3-5-7-14)12-13-18(19(20)23)24-21(25)15-8-10-16(11-9-15)22(26)27/h3-13H,2H2,1H3,(H,24,25)(H,26,27). The number of carboxylic acids is 1. The zero-order chi connectivity index (χ0) is 20.1. The molecule has 0 aliphatic carbocycles. The molecule has 0 fully saturated rings. The van der Waals surface area contributed by atoms with Gasteiger partial charge in [-0.2, -0.15) is 0 Å². The van der Waals surface area contributed by atoms with Crippen LogP contribution in [0.25, 0.3) is 11.1 Å². The van der Waals surface area contributed by atoms with Crippen LogP contribution in [0.1, 0.15) is 27.6 Å². The van der Waals surface area contributed by atoms with E-state index in [0.717, 1.165) is 5.56 Å². The SMILES string of the molecule is CCOc1c(-c2ccccc2)ccc(NC(=O)c2ccc(C(=O)O)cc2)c1F. The van der Waals surface area contributed by atoms with Gasteiger partial charge in [-0.05, 0) is 48.9 Å². The normalized spacial score (nSPS) is 10.4. The Morgan fingerprint density at radius 1 is 0.964 bits per heavy atom. The second-order valence-corrected chi connectivity index (χ2v) is 5.94. The minimum absolute atomic E-state index is 0.0181. The first-order chi connectivity index (χ1) is 13.5. The van der Waals surface area contributed by atoms with Crippen LogP contribution in [0.2, 0.25) is 0 Å². The maximum atomic E-state index is 15.0. The van der Waals surface area contributed by atoms with Crippen LogP contribution in [0.15, 0.2) is 66.7 Å². The number of carbonyl (C=O) groups excluding carboxylic acids is 1. The number of hydrogen-bond acceptors (Lipinski definition) is 3. The summed E-state index contributed by atoms with van der Waals surface area (Å²) in [5, 5.41) is 11.4. The Kier molecular flexibility index (Phi) is 5.69. The van der Waals surface area contributed by atoms with Crippen LogP contribution >= 0.6 is 0 Å². The van der Waals surface area contributed by atoms with Gasteiger partial charge >= 0.3 is 5.97 Å². The highest BCUT2D eigenvalue weighted by Crippen LogP contribution is 2.36. The van der Waals surface area contributed by atoms with Gasteiger partial charge in [0.1, 0.15) is 0 Å². The van der Waals surface area contributed by atoms with E-state index in [4.69, 9.17) is 9.84 Å². The van der Waals surface area contributed by atoms with Crippen LogP contribution in [0.3, 0.4) is 0 Å². The largest absolute Gasteiger partial charge is 0.490 e. The molecular formula is C22H18FNO4. The molecule has 2 N–H and O–H groups in total. The van der Waals surface area contributed by atoms with E-state index in [0.29, 0.717) is 5.56 Å². The summed E-state index contributed by atoms with van der Waals surface area (Å²) in [7, 11) is 0. The van der Waals surface area contributed by atoms with E-state index in [9.17, 15) is 9.59 Å². The van der Waals surface area contributed by atoms with E-state index in [1.165, 1.54) is 30.3 Å². The summed E-state index contributed by atoms with van der Waals surface area (Å²) in [6.45, 7) is 2.02. The van der Waals surface area contributed by atoms with Gasteiger partial charge in [0, 0.05) is 11.1 Å². The predicted octanol–water partition coefficient (Wildman–Crippen LogP) is 4.84. The first-order valence-corrected chi connectivity index (χ1v) is 8.66. The Morgan fingerprint density at radius 3 is 2.21 bits per heavy atom. The van der Waals surface area contributed by atoms with Gasteiger partial charge in [-0.25, -0.2) is 9.18 Å². The Bertz CT molecular complexity index is 1000. The summed E-state index contributed by atoms with van der Waals surface area (Å²) in [5.74, 6) is -2.24. The molecule has 0 aromatic heterocycles. The fraction of sp³-hybridized carbons (Fsp3) is 0.0909. The number of amides is 1. The number of anilines is 1. The van der Waals surface area contributed by atoms with Gasteiger partial charge in [0.2, 0.25) is 0 Å². The van der Waals surface area contributed by atoms with Crippen molar-refractivity contribution in [2.24, 2.45) is 0 Å². The minimum Gasteiger partial charge on any atom is -0.490 e. The number of carbonyl (C=O) groups is 2. The van der Waals surface area contributed by atoms with Gasteiger partial charge in [-0.15, -0.1) is 0 Å². The van der Waals surface area contributed by atoms with E-state index >= 15 is 4.39 Å². The lowest BCUT2D eigenvalue weighted by atomic mass is 10.0. The van der Waals surface area contributed by atoms with Gasteiger partial charge in [0.25, 0.3) is 5.91 Å². The molecule has 0 radical (unpaired) electrons. The van der Waals surface area contributed by atoms with Crippen molar-refractivity contribution in [1.82, 2.24) is 0 Å². The van der Waals surface area contributed by atoms with E-state index in [1.807, 2.05) is 30.3 Å². The third kappa shape index (κ3) is 4.01. The van der Waals surface area contributed by atoms with Gasteiger partial charge in [0.15, 0.2) is 11.6 Å². The van der Waals surface area contributed by atoms with Crippen LogP contribution in [0.5, 0.6) is 5.75 Å². The van der Waals surface area contributed by atoms with Crippen LogP contribution in [-0.2, 0) is 0 Å². The van der Waals surface area contributed by atoms with Crippen molar-refractivity contribution >= 4 is 17.6 Å². The zero-order valence-corrected chi connectivity index (χ0v) is 15.1. The smallest absolute Gasteiger partial charge is 0.335 e. The van der Waals surface area contributed by atoms with Crippen molar-refractivity contribution in [3.05, 3.63) is 83.7 Å². The molecule has 0 saturated heterocycles.